The summed E-state index contributed by atoms with van der Waals surface area (Å²) in [5.74, 6) is 0.895. The van der Waals surface area contributed by atoms with Crippen molar-refractivity contribution in [2.75, 3.05) is 32.8 Å². The summed E-state index contributed by atoms with van der Waals surface area (Å²) >= 11 is 0. The fraction of sp³-hybridized carbons (Fsp3) is 0.556. The van der Waals surface area contributed by atoms with Crippen LogP contribution in [0.25, 0.3) is 5.69 Å². The SMILES string of the molecule is c1ccc(-n2cnc(CN3CCNCCC34CCOCC4)n2)cc1. The number of rotatable bonds is 3. The minimum Gasteiger partial charge on any atom is -0.381 e. The molecule has 0 bridgehead atoms. The number of aromatic nitrogens is 3. The van der Waals surface area contributed by atoms with Gasteiger partial charge in [0.2, 0.25) is 0 Å². The average molecular weight is 327 g/mol. The van der Waals surface area contributed by atoms with Gasteiger partial charge in [-0.15, -0.1) is 5.10 Å². The third-order valence-electron chi connectivity index (χ3n) is 5.31. The molecule has 6 nitrogen and oxygen atoms in total. The van der Waals surface area contributed by atoms with E-state index in [1.165, 1.54) is 6.42 Å². The molecule has 0 atom stereocenters. The molecule has 6 heteroatoms. The number of nitrogens with zero attached hydrogens (tertiary/aromatic N) is 4. The van der Waals surface area contributed by atoms with Crippen molar-refractivity contribution in [3.63, 3.8) is 0 Å². The van der Waals surface area contributed by atoms with E-state index in [-0.39, 0.29) is 5.54 Å². The lowest BCUT2D eigenvalue weighted by Crippen LogP contribution is -2.52. The van der Waals surface area contributed by atoms with Gasteiger partial charge in [-0.25, -0.2) is 9.67 Å². The van der Waals surface area contributed by atoms with E-state index >= 15 is 0 Å². The summed E-state index contributed by atoms with van der Waals surface area (Å²) in [5, 5.41) is 8.23. The summed E-state index contributed by atoms with van der Waals surface area (Å²) in [5.41, 5.74) is 1.29. The van der Waals surface area contributed by atoms with Gasteiger partial charge in [0.15, 0.2) is 5.82 Å². The van der Waals surface area contributed by atoms with Crippen molar-refractivity contribution in [3.05, 3.63) is 42.5 Å². The number of nitrogens with one attached hydrogen (secondary N) is 1. The molecule has 24 heavy (non-hydrogen) atoms. The fourth-order valence-corrected chi connectivity index (χ4v) is 3.87. The van der Waals surface area contributed by atoms with Gasteiger partial charge < -0.3 is 10.1 Å². The topological polar surface area (TPSA) is 55.2 Å². The molecule has 0 saturated carbocycles. The Bertz CT molecular complexity index is 650. The predicted molar refractivity (Wildman–Crippen MR) is 92.0 cm³/mol. The quantitative estimate of drug-likeness (QED) is 0.928. The van der Waals surface area contributed by atoms with Gasteiger partial charge >= 0.3 is 0 Å². The molecular weight excluding hydrogens is 302 g/mol. The van der Waals surface area contributed by atoms with Gasteiger partial charge in [0.25, 0.3) is 0 Å². The number of hydrogen-bond donors (Lipinski definition) is 1. The molecule has 4 rings (SSSR count). The third kappa shape index (κ3) is 3.22. The van der Waals surface area contributed by atoms with Gasteiger partial charge in [-0.1, -0.05) is 18.2 Å². The van der Waals surface area contributed by atoms with E-state index in [0.717, 1.165) is 63.7 Å². The fourth-order valence-electron chi connectivity index (χ4n) is 3.87. The Morgan fingerprint density at radius 3 is 2.75 bits per heavy atom. The van der Waals surface area contributed by atoms with Gasteiger partial charge in [-0.05, 0) is 37.9 Å². The number of ether oxygens (including phenoxy) is 1. The van der Waals surface area contributed by atoms with E-state index in [4.69, 9.17) is 9.84 Å². The molecule has 2 aliphatic rings. The first-order chi connectivity index (χ1) is 11.9. The monoisotopic (exact) mass is 327 g/mol. The van der Waals surface area contributed by atoms with E-state index in [0.29, 0.717) is 0 Å². The Morgan fingerprint density at radius 1 is 1.08 bits per heavy atom. The Hall–Kier alpha value is -1.76. The van der Waals surface area contributed by atoms with Crippen molar-refractivity contribution in [2.24, 2.45) is 0 Å². The largest absolute Gasteiger partial charge is 0.381 e. The zero-order chi connectivity index (χ0) is 16.2. The molecule has 2 aliphatic heterocycles. The maximum atomic E-state index is 5.62. The van der Waals surface area contributed by atoms with Gasteiger partial charge in [0, 0.05) is 31.8 Å². The van der Waals surface area contributed by atoms with Crippen LogP contribution in [0.3, 0.4) is 0 Å². The average Bonchev–Trinajstić information content (AvgIpc) is 3.03. The molecule has 128 valence electrons. The maximum absolute atomic E-state index is 5.62. The summed E-state index contributed by atoms with van der Waals surface area (Å²) < 4.78 is 7.48. The van der Waals surface area contributed by atoms with Crippen LogP contribution < -0.4 is 5.32 Å². The summed E-state index contributed by atoms with van der Waals surface area (Å²) in [4.78, 5) is 7.14. The van der Waals surface area contributed by atoms with E-state index in [9.17, 15) is 0 Å². The molecule has 2 aromatic rings. The van der Waals surface area contributed by atoms with Crippen LogP contribution in [0.15, 0.2) is 36.7 Å². The van der Waals surface area contributed by atoms with E-state index in [1.807, 2.05) is 41.3 Å². The van der Waals surface area contributed by atoms with Crippen LogP contribution in [-0.2, 0) is 11.3 Å². The summed E-state index contributed by atoms with van der Waals surface area (Å²) in [6.45, 7) is 5.69. The van der Waals surface area contributed by atoms with E-state index in [1.54, 1.807) is 0 Å². The summed E-state index contributed by atoms with van der Waals surface area (Å²) in [6.07, 6.45) is 5.20. The summed E-state index contributed by atoms with van der Waals surface area (Å²) in [7, 11) is 0. The number of benzene rings is 1. The Kier molecular flexibility index (Phi) is 4.60. The maximum Gasteiger partial charge on any atom is 0.165 e. The van der Waals surface area contributed by atoms with E-state index in [2.05, 4.69) is 15.2 Å². The Morgan fingerprint density at radius 2 is 1.92 bits per heavy atom. The Balaban J connectivity index is 1.53. The second-order valence-corrected chi connectivity index (χ2v) is 6.70. The lowest BCUT2D eigenvalue weighted by molar-refractivity contribution is -0.0317. The van der Waals surface area contributed by atoms with Crippen LogP contribution in [0.5, 0.6) is 0 Å². The predicted octanol–water partition coefficient (Wildman–Crippen LogP) is 1.61. The van der Waals surface area contributed by atoms with Crippen LogP contribution in [-0.4, -0.2) is 58.1 Å². The van der Waals surface area contributed by atoms with Crippen molar-refractivity contribution in [3.8, 4) is 5.69 Å². The van der Waals surface area contributed by atoms with Crippen molar-refractivity contribution < 1.29 is 4.74 Å². The van der Waals surface area contributed by atoms with Crippen LogP contribution in [0, 0.1) is 0 Å². The lowest BCUT2D eigenvalue weighted by atomic mass is 9.85. The zero-order valence-corrected chi connectivity index (χ0v) is 14.0. The first-order valence-corrected chi connectivity index (χ1v) is 8.85. The molecule has 1 aromatic heterocycles. The summed E-state index contributed by atoms with van der Waals surface area (Å²) in [6, 6.07) is 10.2. The first kappa shape index (κ1) is 15.7. The zero-order valence-electron chi connectivity index (χ0n) is 14.0. The highest BCUT2D eigenvalue weighted by molar-refractivity contribution is 5.29. The molecule has 0 amide bonds. The smallest absolute Gasteiger partial charge is 0.165 e. The van der Waals surface area contributed by atoms with Crippen molar-refractivity contribution in [2.45, 2.75) is 31.3 Å². The molecule has 0 radical (unpaired) electrons. The van der Waals surface area contributed by atoms with Crippen molar-refractivity contribution in [1.82, 2.24) is 25.0 Å². The molecule has 2 saturated heterocycles. The second-order valence-electron chi connectivity index (χ2n) is 6.70. The highest BCUT2D eigenvalue weighted by atomic mass is 16.5. The van der Waals surface area contributed by atoms with Gasteiger partial charge in [-0.2, -0.15) is 0 Å². The van der Waals surface area contributed by atoms with Gasteiger partial charge in [-0.3, -0.25) is 4.90 Å². The number of hydrogen-bond acceptors (Lipinski definition) is 5. The third-order valence-corrected chi connectivity index (χ3v) is 5.31. The van der Waals surface area contributed by atoms with Crippen LogP contribution in [0.2, 0.25) is 0 Å². The minimum atomic E-state index is 0.236. The molecule has 1 aromatic carbocycles. The molecule has 3 heterocycles. The number of para-hydroxylation sites is 1. The highest BCUT2D eigenvalue weighted by Crippen LogP contribution is 2.33. The van der Waals surface area contributed by atoms with Gasteiger partial charge in [0.05, 0.1) is 12.2 Å². The van der Waals surface area contributed by atoms with Crippen molar-refractivity contribution in [1.29, 1.82) is 0 Å². The van der Waals surface area contributed by atoms with E-state index < -0.39 is 0 Å². The Labute approximate surface area is 142 Å². The molecule has 1 spiro atoms. The normalized spacial score (nSPS) is 21.7. The van der Waals surface area contributed by atoms with Crippen molar-refractivity contribution >= 4 is 0 Å². The van der Waals surface area contributed by atoms with Crippen LogP contribution in [0.1, 0.15) is 25.1 Å². The van der Waals surface area contributed by atoms with Crippen LogP contribution in [0.4, 0.5) is 0 Å². The minimum absolute atomic E-state index is 0.236. The lowest BCUT2D eigenvalue weighted by Gasteiger charge is -2.45. The molecule has 1 N–H and O–H groups in total. The first-order valence-electron chi connectivity index (χ1n) is 8.85. The standard InChI is InChI=1S/C18H25N5O/c1-2-4-16(5-3-1)23-15-20-17(21-23)14-22-11-10-19-9-6-18(22)7-12-24-13-8-18/h1-5,15,19H,6-14H2. The molecular formula is C18H25N5O. The van der Waals surface area contributed by atoms with Gasteiger partial charge in [0.1, 0.15) is 6.33 Å². The molecule has 0 unspecified atom stereocenters. The van der Waals surface area contributed by atoms with Crippen LogP contribution >= 0.6 is 0 Å². The highest BCUT2D eigenvalue weighted by Gasteiger charge is 2.39. The molecule has 0 aliphatic carbocycles. The second kappa shape index (κ2) is 7.01. The molecule has 2 fully saturated rings.